The molecule has 0 heterocycles. The van der Waals surface area contributed by atoms with Gasteiger partial charge in [0.15, 0.2) is 0 Å². The summed E-state index contributed by atoms with van der Waals surface area (Å²) in [7, 11) is 1.58. The molecule has 19 heavy (non-hydrogen) atoms. The van der Waals surface area contributed by atoms with E-state index < -0.39 is 11.7 Å². The van der Waals surface area contributed by atoms with E-state index in [2.05, 4.69) is 10.6 Å². The number of carbonyl (C=O) groups is 2. The first-order chi connectivity index (χ1) is 9.11. The molecule has 0 aliphatic rings. The minimum atomic E-state index is -0.477. The fourth-order valence-electron chi connectivity index (χ4n) is 1.42. The number of carbonyl (C=O) groups excluding carboxylic acids is 2. The van der Waals surface area contributed by atoms with Crippen molar-refractivity contribution in [3.05, 3.63) is 30.1 Å². The predicted molar refractivity (Wildman–Crippen MR) is 69.1 cm³/mol. The van der Waals surface area contributed by atoms with Crippen LogP contribution in [0.2, 0.25) is 0 Å². The number of ether oxygens (including phenoxy) is 1. The lowest BCUT2D eigenvalue weighted by Crippen LogP contribution is -2.29. The summed E-state index contributed by atoms with van der Waals surface area (Å²) in [6, 6.07) is 5.50. The molecular weight excluding hydrogens is 251 g/mol. The molecule has 6 heteroatoms. The van der Waals surface area contributed by atoms with Crippen molar-refractivity contribution in [2.24, 2.45) is 0 Å². The number of halogens is 1. The SMILES string of the molecule is COCCCNC(=O)CC(=O)Nc1cccc(F)c1. The lowest BCUT2D eigenvalue weighted by molar-refractivity contribution is -0.126. The van der Waals surface area contributed by atoms with Crippen molar-refractivity contribution in [1.29, 1.82) is 0 Å². The van der Waals surface area contributed by atoms with Gasteiger partial charge in [0.1, 0.15) is 12.2 Å². The Hall–Kier alpha value is -1.95. The van der Waals surface area contributed by atoms with E-state index in [-0.39, 0.29) is 12.3 Å². The smallest absolute Gasteiger partial charge is 0.233 e. The average Bonchev–Trinajstić information content (AvgIpc) is 2.34. The molecule has 0 saturated carbocycles. The Labute approximate surface area is 111 Å². The maximum Gasteiger partial charge on any atom is 0.233 e. The highest BCUT2D eigenvalue weighted by Gasteiger charge is 2.09. The Balaban J connectivity index is 2.29. The second kappa shape index (κ2) is 8.20. The van der Waals surface area contributed by atoms with Crippen LogP contribution in [0.25, 0.3) is 0 Å². The molecular formula is C13H17FN2O3. The van der Waals surface area contributed by atoms with E-state index in [0.717, 1.165) is 0 Å². The van der Waals surface area contributed by atoms with Crippen LogP contribution in [0, 0.1) is 5.82 Å². The Morgan fingerprint density at radius 3 is 2.79 bits per heavy atom. The molecule has 1 aromatic rings. The zero-order valence-electron chi connectivity index (χ0n) is 10.7. The van der Waals surface area contributed by atoms with Crippen LogP contribution >= 0.6 is 0 Å². The van der Waals surface area contributed by atoms with Gasteiger partial charge in [-0.15, -0.1) is 0 Å². The van der Waals surface area contributed by atoms with Gasteiger partial charge >= 0.3 is 0 Å². The molecule has 104 valence electrons. The van der Waals surface area contributed by atoms with Gasteiger partial charge in [0.2, 0.25) is 11.8 Å². The van der Waals surface area contributed by atoms with Crippen molar-refractivity contribution >= 4 is 17.5 Å². The van der Waals surface area contributed by atoms with Gasteiger partial charge in [0.05, 0.1) is 0 Å². The average molecular weight is 268 g/mol. The van der Waals surface area contributed by atoms with Gasteiger partial charge in [0, 0.05) is 25.9 Å². The number of amides is 2. The largest absolute Gasteiger partial charge is 0.385 e. The first-order valence-electron chi connectivity index (χ1n) is 5.93. The topological polar surface area (TPSA) is 67.4 Å². The van der Waals surface area contributed by atoms with Gasteiger partial charge in [-0.2, -0.15) is 0 Å². The highest BCUT2D eigenvalue weighted by molar-refractivity contribution is 6.03. The molecule has 0 radical (unpaired) electrons. The molecule has 0 aliphatic carbocycles. The van der Waals surface area contributed by atoms with Gasteiger partial charge in [-0.05, 0) is 24.6 Å². The summed E-state index contributed by atoms with van der Waals surface area (Å²) in [5, 5.41) is 5.04. The van der Waals surface area contributed by atoms with Gasteiger partial charge in [-0.25, -0.2) is 4.39 Å². The number of hydrogen-bond donors (Lipinski definition) is 2. The molecule has 1 rings (SSSR count). The van der Waals surface area contributed by atoms with Crippen molar-refractivity contribution in [3.63, 3.8) is 0 Å². The van der Waals surface area contributed by atoms with E-state index >= 15 is 0 Å². The second-order valence-corrected chi connectivity index (χ2v) is 3.93. The number of nitrogens with one attached hydrogen (secondary N) is 2. The zero-order valence-corrected chi connectivity index (χ0v) is 10.7. The summed E-state index contributed by atoms with van der Waals surface area (Å²) in [4.78, 5) is 22.9. The van der Waals surface area contributed by atoms with Crippen molar-refractivity contribution in [2.75, 3.05) is 25.6 Å². The molecule has 0 saturated heterocycles. The van der Waals surface area contributed by atoms with Crippen molar-refractivity contribution < 1.29 is 18.7 Å². The molecule has 0 unspecified atom stereocenters. The molecule has 2 N–H and O–H groups in total. The van der Waals surface area contributed by atoms with Crippen LogP contribution in [-0.4, -0.2) is 32.1 Å². The maximum atomic E-state index is 12.9. The second-order valence-electron chi connectivity index (χ2n) is 3.93. The van der Waals surface area contributed by atoms with Crippen LogP contribution < -0.4 is 10.6 Å². The number of methoxy groups -OCH3 is 1. The van der Waals surface area contributed by atoms with Crippen LogP contribution in [0.5, 0.6) is 0 Å². The molecule has 0 atom stereocenters. The zero-order chi connectivity index (χ0) is 14.1. The normalized spacial score (nSPS) is 10.0. The summed E-state index contributed by atoms with van der Waals surface area (Å²) in [5.74, 6) is -1.29. The van der Waals surface area contributed by atoms with Gasteiger partial charge in [0.25, 0.3) is 0 Å². The number of rotatable bonds is 7. The first kappa shape index (κ1) is 15.1. The summed E-state index contributed by atoms with van der Waals surface area (Å²) < 4.78 is 17.7. The van der Waals surface area contributed by atoms with E-state index in [0.29, 0.717) is 25.3 Å². The molecule has 5 nitrogen and oxygen atoms in total. The Morgan fingerprint density at radius 1 is 1.32 bits per heavy atom. The Bertz CT molecular complexity index is 438. The highest BCUT2D eigenvalue weighted by atomic mass is 19.1. The Morgan fingerprint density at radius 2 is 2.11 bits per heavy atom. The molecule has 0 aromatic heterocycles. The molecule has 0 fully saturated rings. The monoisotopic (exact) mass is 268 g/mol. The molecule has 0 spiro atoms. The summed E-state index contributed by atoms with van der Waals surface area (Å²) in [5.41, 5.74) is 0.331. The van der Waals surface area contributed by atoms with Crippen LogP contribution in [-0.2, 0) is 14.3 Å². The molecule has 0 aliphatic heterocycles. The fourth-order valence-corrected chi connectivity index (χ4v) is 1.42. The number of anilines is 1. The minimum absolute atomic E-state index is 0.288. The van der Waals surface area contributed by atoms with E-state index in [9.17, 15) is 14.0 Å². The van der Waals surface area contributed by atoms with Gasteiger partial charge < -0.3 is 15.4 Å². The third-order valence-corrected chi connectivity index (χ3v) is 2.28. The van der Waals surface area contributed by atoms with Crippen LogP contribution in [0.1, 0.15) is 12.8 Å². The van der Waals surface area contributed by atoms with E-state index in [4.69, 9.17) is 4.74 Å². The number of hydrogen-bond acceptors (Lipinski definition) is 3. The summed E-state index contributed by atoms with van der Waals surface area (Å²) in [6.07, 6.45) is 0.400. The first-order valence-corrected chi connectivity index (χ1v) is 5.93. The van der Waals surface area contributed by atoms with E-state index in [1.807, 2.05) is 0 Å². The van der Waals surface area contributed by atoms with Crippen LogP contribution in [0.4, 0.5) is 10.1 Å². The lowest BCUT2D eigenvalue weighted by Gasteiger charge is -2.06. The summed E-state index contributed by atoms with van der Waals surface area (Å²) in [6.45, 7) is 1.01. The standard InChI is InChI=1S/C13H17FN2O3/c1-19-7-3-6-15-12(17)9-13(18)16-11-5-2-4-10(14)8-11/h2,4-5,8H,3,6-7,9H2,1H3,(H,15,17)(H,16,18). The molecule has 1 aromatic carbocycles. The van der Waals surface area contributed by atoms with Gasteiger partial charge in [-0.1, -0.05) is 6.07 Å². The van der Waals surface area contributed by atoms with E-state index in [1.54, 1.807) is 13.2 Å². The van der Waals surface area contributed by atoms with Crippen LogP contribution in [0.3, 0.4) is 0 Å². The highest BCUT2D eigenvalue weighted by Crippen LogP contribution is 2.09. The quantitative estimate of drug-likeness (QED) is 0.578. The van der Waals surface area contributed by atoms with Crippen molar-refractivity contribution in [1.82, 2.24) is 5.32 Å². The number of benzene rings is 1. The molecule has 2 amide bonds. The fraction of sp³-hybridized carbons (Fsp3) is 0.385. The minimum Gasteiger partial charge on any atom is -0.385 e. The predicted octanol–water partition coefficient (Wildman–Crippen LogP) is 1.31. The van der Waals surface area contributed by atoms with E-state index in [1.165, 1.54) is 18.2 Å². The van der Waals surface area contributed by atoms with Crippen LogP contribution in [0.15, 0.2) is 24.3 Å². The maximum absolute atomic E-state index is 12.9. The van der Waals surface area contributed by atoms with Gasteiger partial charge in [-0.3, -0.25) is 9.59 Å². The third-order valence-electron chi connectivity index (χ3n) is 2.28. The molecule has 0 bridgehead atoms. The lowest BCUT2D eigenvalue weighted by atomic mass is 10.3. The van der Waals surface area contributed by atoms with Crippen molar-refractivity contribution in [2.45, 2.75) is 12.8 Å². The van der Waals surface area contributed by atoms with Crippen molar-refractivity contribution in [3.8, 4) is 0 Å². The Kier molecular flexibility index (Phi) is 6.52. The summed E-state index contributed by atoms with van der Waals surface area (Å²) >= 11 is 0. The third kappa shape index (κ3) is 6.52.